The van der Waals surface area contributed by atoms with E-state index in [0.717, 1.165) is 11.3 Å². The number of benzene rings is 2. The molecule has 3 aromatic rings. The summed E-state index contributed by atoms with van der Waals surface area (Å²) in [7, 11) is 0. The van der Waals surface area contributed by atoms with Crippen LogP contribution >= 0.6 is 46.3 Å². The maximum absolute atomic E-state index is 12.3. The number of anilines is 2. The Morgan fingerprint density at radius 3 is 2.43 bits per heavy atom. The van der Waals surface area contributed by atoms with Gasteiger partial charge in [-0.15, -0.1) is 10.2 Å². The van der Waals surface area contributed by atoms with Crippen molar-refractivity contribution in [1.82, 2.24) is 10.2 Å². The third kappa shape index (κ3) is 6.02. The first-order valence-corrected chi connectivity index (χ1v) is 11.0. The third-order valence-corrected chi connectivity index (χ3v) is 6.22. The van der Waals surface area contributed by atoms with Crippen LogP contribution in [0.5, 0.6) is 0 Å². The fraction of sp³-hybridized carbons (Fsp3) is 0.105. The maximum atomic E-state index is 12.3. The third-order valence-electron chi connectivity index (χ3n) is 3.70. The molecule has 2 N–H and O–H groups in total. The molecule has 0 aliphatic carbocycles. The first kappa shape index (κ1) is 22.2. The summed E-state index contributed by atoms with van der Waals surface area (Å²) in [6, 6.07) is 11.2. The zero-order chi connectivity index (χ0) is 21.7. The van der Waals surface area contributed by atoms with E-state index >= 15 is 0 Å². The van der Waals surface area contributed by atoms with Crippen molar-refractivity contribution in [1.29, 1.82) is 0 Å². The molecule has 0 aliphatic heterocycles. The van der Waals surface area contributed by atoms with Crippen LogP contribution in [-0.4, -0.2) is 33.5 Å². The number of amides is 2. The first-order chi connectivity index (χ1) is 14.3. The van der Waals surface area contributed by atoms with Crippen LogP contribution in [0, 0.1) is 0 Å². The highest BCUT2D eigenvalue weighted by Gasteiger charge is 2.14. The smallest absolute Gasteiger partial charge is 0.259 e. The van der Waals surface area contributed by atoms with Gasteiger partial charge < -0.3 is 5.32 Å². The van der Waals surface area contributed by atoms with Crippen molar-refractivity contribution >= 4 is 74.7 Å². The van der Waals surface area contributed by atoms with Gasteiger partial charge in [0.1, 0.15) is 0 Å². The van der Waals surface area contributed by atoms with Gasteiger partial charge in [-0.25, -0.2) is 0 Å². The summed E-state index contributed by atoms with van der Waals surface area (Å²) in [5, 5.41) is 14.2. The van der Waals surface area contributed by atoms with Crippen molar-refractivity contribution in [2.24, 2.45) is 0 Å². The SMILES string of the molecule is CC(=O)c1ccc(NC(=O)CSc2nnc(NC(=O)c3ccc(Cl)cc3Cl)s2)cc1. The van der Waals surface area contributed by atoms with Crippen LogP contribution in [0.2, 0.25) is 10.0 Å². The van der Waals surface area contributed by atoms with Crippen LogP contribution in [-0.2, 0) is 4.79 Å². The van der Waals surface area contributed by atoms with Crippen molar-refractivity contribution in [3.05, 3.63) is 63.6 Å². The molecule has 2 amide bonds. The van der Waals surface area contributed by atoms with Crippen molar-refractivity contribution in [2.45, 2.75) is 11.3 Å². The largest absolute Gasteiger partial charge is 0.325 e. The van der Waals surface area contributed by atoms with Gasteiger partial charge in [-0.05, 0) is 49.4 Å². The Hall–Kier alpha value is -2.46. The van der Waals surface area contributed by atoms with Crippen LogP contribution in [0.1, 0.15) is 27.6 Å². The molecule has 1 aromatic heterocycles. The molecule has 0 aliphatic rings. The lowest BCUT2D eigenvalue weighted by molar-refractivity contribution is -0.113. The molecule has 2 aromatic carbocycles. The lowest BCUT2D eigenvalue weighted by atomic mass is 10.1. The number of halogens is 2. The molecule has 3 rings (SSSR count). The number of hydrogen-bond donors (Lipinski definition) is 2. The second-order valence-corrected chi connectivity index (χ2v) is 8.97. The van der Waals surface area contributed by atoms with Crippen LogP contribution in [0.15, 0.2) is 46.8 Å². The summed E-state index contributed by atoms with van der Waals surface area (Å²) in [6.07, 6.45) is 0. The summed E-state index contributed by atoms with van der Waals surface area (Å²) in [5.41, 5.74) is 1.43. The highest BCUT2D eigenvalue weighted by molar-refractivity contribution is 8.01. The molecule has 7 nitrogen and oxygen atoms in total. The van der Waals surface area contributed by atoms with E-state index in [9.17, 15) is 14.4 Å². The Kier molecular flexibility index (Phi) is 7.43. The van der Waals surface area contributed by atoms with Crippen molar-refractivity contribution in [2.75, 3.05) is 16.4 Å². The quantitative estimate of drug-likeness (QED) is 0.279. The topological polar surface area (TPSA) is 101 Å². The second-order valence-electron chi connectivity index (χ2n) is 5.92. The summed E-state index contributed by atoms with van der Waals surface area (Å²) >= 11 is 14.2. The Labute approximate surface area is 190 Å². The molecule has 0 unspecified atom stereocenters. The molecule has 0 saturated heterocycles. The summed E-state index contributed by atoms with van der Waals surface area (Å²) in [4.78, 5) is 35.7. The van der Waals surface area contributed by atoms with E-state index in [1.165, 1.54) is 30.8 Å². The van der Waals surface area contributed by atoms with E-state index in [4.69, 9.17) is 23.2 Å². The molecule has 0 saturated carbocycles. The van der Waals surface area contributed by atoms with Gasteiger partial charge in [0.2, 0.25) is 11.0 Å². The molecule has 1 heterocycles. The van der Waals surface area contributed by atoms with E-state index < -0.39 is 5.91 Å². The number of carbonyl (C=O) groups excluding carboxylic acids is 3. The molecule has 0 spiro atoms. The molecule has 154 valence electrons. The highest BCUT2D eigenvalue weighted by Crippen LogP contribution is 2.27. The fourth-order valence-electron chi connectivity index (χ4n) is 2.27. The molecule has 0 bridgehead atoms. The average molecular weight is 481 g/mol. The van der Waals surface area contributed by atoms with E-state index in [-0.39, 0.29) is 33.2 Å². The molecular weight excluding hydrogens is 467 g/mol. The Morgan fingerprint density at radius 1 is 1.03 bits per heavy atom. The second kappa shape index (κ2) is 10.0. The van der Waals surface area contributed by atoms with E-state index in [1.54, 1.807) is 30.3 Å². The molecule has 0 radical (unpaired) electrons. The molecule has 30 heavy (non-hydrogen) atoms. The number of rotatable bonds is 7. The zero-order valence-corrected chi connectivity index (χ0v) is 18.6. The van der Waals surface area contributed by atoms with Gasteiger partial charge in [0, 0.05) is 16.3 Å². The van der Waals surface area contributed by atoms with Crippen LogP contribution < -0.4 is 10.6 Å². The Morgan fingerprint density at radius 2 is 1.77 bits per heavy atom. The zero-order valence-electron chi connectivity index (χ0n) is 15.4. The van der Waals surface area contributed by atoms with Crippen LogP contribution in [0.25, 0.3) is 0 Å². The highest BCUT2D eigenvalue weighted by atomic mass is 35.5. The lowest BCUT2D eigenvalue weighted by Gasteiger charge is -2.04. The summed E-state index contributed by atoms with van der Waals surface area (Å²) < 4.78 is 0.523. The minimum absolute atomic E-state index is 0.0408. The number of Topliss-reactive ketones (excluding diaryl/α,β-unsaturated/α-hetero) is 1. The Balaban J connectivity index is 1.52. The van der Waals surface area contributed by atoms with E-state index in [1.807, 2.05) is 0 Å². The van der Waals surface area contributed by atoms with Gasteiger partial charge in [0.05, 0.1) is 16.3 Å². The van der Waals surface area contributed by atoms with Crippen molar-refractivity contribution in [3.8, 4) is 0 Å². The van der Waals surface area contributed by atoms with Crippen LogP contribution in [0.4, 0.5) is 10.8 Å². The predicted molar refractivity (Wildman–Crippen MR) is 120 cm³/mol. The number of hydrogen-bond acceptors (Lipinski definition) is 7. The van der Waals surface area contributed by atoms with Gasteiger partial charge in [-0.3, -0.25) is 19.7 Å². The average Bonchev–Trinajstić information content (AvgIpc) is 3.14. The Bertz CT molecular complexity index is 1100. The van der Waals surface area contributed by atoms with E-state index in [2.05, 4.69) is 20.8 Å². The van der Waals surface area contributed by atoms with Gasteiger partial charge in [0.25, 0.3) is 5.91 Å². The standard InChI is InChI=1S/C19H14Cl2N4O3S2/c1-10(26)11-2-5-13(6-3-11)22-16(27)9-29-19-25-24-18(30-19)23-17(28)14-7-4-12(20)8-15(14)21/h2-8H,9H2,1H3,(H,22,27)(H,23,24,28). The lowest BCUT2D eigenvalue weighted by Crippen LogP contribution is -2.14. The van der Waals surface area contributed by atoms with Gasteiger partial charge >= 0.3 is 0 Å². The number of nitrogens with zero attached hydrogens (tertiary/aromatic N) is 2. The molecular formula is C19H14Cl2N4O3S2. The summed E-state index contributed by atoms with van der Waals surface area (Å²) in [5.74, 6) is -0.596. The van der Waals surface area contributed by atoms with Gasteiger partial charge in [-0.1, -0.05) is 46.3 Å². The van der Waals surface area contributed by atoms with Gasteiger partial charge in [-0.2, -0.15) is 0 Å². The number of thioether (sulfide) groups is 1. The van der Waals surface area contributed by atoms with E-state index in [0.29, 0.717) is 20.6 Å². The summed E-state index contributed by atoms with van der Waals surface area (Å²) in [6.45, 7) is 1.48. The van der Waals surface area contributed by atoms with Crippen molar-refractivity contribution < 1.29 is 14.4 Å². The molecule has 0 atom stereocenters. The minimum atomic E-state index is -0.434. The monoisotopic (exact) mass is 480 g/mol. The first-order valence-electron chi connectivity index (χ1n) is 8.45. The normalized spacial score (nSPS) is 10.5. The maximum Gasteiger partial charge on any atom is 0.259 e. The van der Waals surface area contributed by atoms with Crippen molar-refractivity contribution in [3.63, 3.8) is 0 Å². The fourth-order valence-corrected chi connectivity index (χ4v) is 4.31. The predicted octanol–water partition coefficient (Wildman–Crippen LogP) is 5.03. The number of ketones is 1. The minimum Gasteiger partial charge on any atom is -0.325 e. The molecule has 11 heteroatoms. The number of aromatic nitrogens is 2. The van der Waals surface area contributed by atoms with Gasteiger partial charge in [0.15, 0.2) is 10.1 Å². The number of nitrogens with one attached hydrogen (secondary N) is 2. The molecule has 0 fully saturated rings. The number of carbonyl (C=O) groups is 3. The van der Waals surface area contributed by atoms with Crippen LogP contribution in [0.3, 0.4) is 0 Å².